The van der Waals surface area contributed by atoms with Gasteiger partial charge in [-0.25, -0.2) is 4.98 Å². The molecule has 4 nitrogen and oxygen atoms in total. The first-order valence-corrected chi connectivity index (χ1v) is 14.5. The Balaban J connectivity index is 1.60. The van der Waals surface area contributed by atoms with Gasteiger partial charge < -0.3 is 4.42 Å². The van der Waals surface area contributed by atoms with Gasteiger partial charge in [0.2, 0.25) is 0 Å². The Bertz CT molecular complexity index is 2130. The van der Waals surface area contributed by atoms with Crippen molar-refractivity contribution in [3.8, 4) is 34.3 Å². The van der Waals surface area contributed by atoms with Gasteiger partial charge in [0, 0.05) is 10.8 Å². The molecule has 0 amide bonds. The van der Waals surface area contributed by atoms with Crippen LogP contribution < -0.4 is 0 Å². The SMILES string of the molecule is CC(C)c1cc(-c2ccccc2)cc(C(C)C)c1-n1c(-c2cccc3c2oc2cccc(C#N)c23)nc2ccccc21. The van der Waals surface area contributed by atoms with E-state index in [0.29, 0.717) is 11.1 Å². The smallest absolute Gasteiger partial charge is 0.149 e. The largest absolute Gasteiger partial charge is 0.455 e. The summed E-state index contributed by atoms with van der Waals surface area (Å²) < 4.78 is 8.83. The van der Waals surface area contributed by atoms with Crippen molar-refractivity contribution in [2.45, 2.75) is 39.5 Å². The Morgan fingerprint density at radius 1 is 0.738 bits per heavy atom. The topological polar surface area (TPSA) is 54.8 Å². The number of nitrogens with zero attached hydrogens (tertiary/aromatic N) is 3. The zero-order valence-corrected chi connectivity index (χ0v) is 24.2. The van der Waals surface area contributed by atoms with Crippen LogP contribution in [0.25, 0.3) is 61.2 Å². The molecule has 0 bridgehead atoms. The summed E-state index contributed by atoms with van der Waals surface area (Å²) in [6.45, 7) is 9.06. The average molecular weight is 546 g/mol. The zero-order valence-electron chi connectivity index (χ0n) is 24.2. The Morgan fingerprint density at radius 3 is 2.14 bits per heavy atom. The van der Waals surface area contributed by atoms with E-state index in [4.69, 9.17) is 9.40 Å². The normalized spacial score (nSPS) is 11.7. The number of hydrogen-bond donors (Lipinski definition) is 0. The van der Waals surface area contributed by atoms with Crippen LogP contribution in [0.4, 0.5) is 0 Å². The number of benzene rings is 5. The van der Waals surface area contributed by atoms with Crippen molar-refractivity contribution in [3.63, 3.8) is 0 Å². The number of imidazole rings is 1. The second-order valence-corrected chi connectivity index (χ2v) is 11.5. The highest BCUT2D eigenvalue weighted by Gasteiger charge is 2.25. The molecular weight excluding hydrogens is 514 g/mol. The van der Waals surface area contributed by atoms with E-state index in [0.717, 1.165) is 38.8 Å². The van der Waals surface area contributed by atoms with E-state index < -0.39 is 0 Å². The minimum absolute atomic E-state index is 0.273. The summed E-state index contributed by atoms with van der Waals surface area (Å²) in [7, 11) is 0. The quantitative estimate of drug-likeness (QED) is 0.216. The van der Waals surface area contributed by atoms with Crippen molar-refractivity contribution in [3.05, 3.63) is 120 Å². The van der Waals surface area contributed by atoms with Crippen molar-refractivity contribution in [1.82, 2.24) is 9.55 Å². The fourth-order valence-electron chi connectivity index (χ4n) is 6.17. The molecule has 7 aromatic rings. The fraction of sp³-hybridized carbons (Fsp3) is 0.158. The highest BCUT2D eigenvalue weighted by atomic mass is 16.3. The van der Waals surface area contributed by atoms with Crippen LogP contribution in [0, 0.1) is 11.3 Å². The van der Waals surface area contributed by atoms with Crippen molar-refractivity contribution >= 4 is 33.0 Å². The monoisotopic (exact) mass is 545 g/mol. The maximum atomic E-state index is 9.85. The molecule has 0 unspecified atom stereocenters. The molecule has 0 atom stereocenters. The first kappa shape index (κ1) is 25.8. The van der Waals surface area contributed by atoms with Crippen LogP contribution in [0.2, 0.25) is 0 Å². The summed E-state index contributed by atoms with van der Waals surface area (Å²) in [6.07, 6.45) is 0. The molecular formula is C38H31N3O. The second-order valence-electron chi connectivity index (χ2n) is 11.5. The van der Waals surface area contributed by atoms with Crippen LogP contribution in [-0.2, 0) is 0 Å². The molecule has 0 N–H and O–H groups in total. The van der Waals surface area contributed by atoms with Gasteiger partial charge in [0.1, 0.15) is 17.0 Å². The molecule has 0 aliphatic heterocycles. The van der Waals surface area contributed by atoms with Crippen molar-refractivity contribution in [1.29, 1.82) is 5.26 Å². The second kappa shape index (κ2) is 10.0. The predicted molar refractivity (Wildman–Crippen MR) is 172 cm³/mol. The summed E-state index contributed by atoms with van der Waals surface area (Å²) in [5, 5.41) is 11.6. The van der Waals surface area contributed by atoms with Crippen LogP contribution in [0.1, 0.15) is 56.2 Å². The van der Waals surface area contributed by atoms with E-state index in [1.165, 1.54) is 27.9 Å². The lowest BCUT2D eigenvalue weighted by Gasteiger charge is -2.24. The van der Waals surface area contributed by atoms with E-state index in [2.05, 4.69) is 105 Å². The summed E-state index contributed by atoms with van der Waals surface area (Å²) >= 11 is 0. The molecule has 0 radical (unpaired) electrons. The first-order valence-electron chi connectivity index (χ1n) is 14.5. The van der Waals surface area contributed by atoms with Gasteiger partial charge in [0.15, 0.2) is 0 Å². The molecule has 0 aliphatic rings. The molecule has 2 aromatic heterocycles. The Hall–Kier alpha value is -5.14. The van der Waals surface area contributed by atoms with Gasteiger partial charge in [-0.2, -0.15) is 5.26 Å². The Labute approximate surface area is 245 Å². The number of nitriles is 1. The van der Waals surface area contributed by atoms with Gasteiger partial charge in [-0.3, -0.25) is 4.57 Å². The molecule has 204 valence electrons. The number of para-hydroxylation sites is 3. The van der Waals surface area contributed by atoms with E-state index in [1.54, 1.807) is 0 Å². The first-order chi connectivity index (χ1) is 20.5. The maximum Gasteiger partial charge on any atom is 0.149 e. The lowest BCUT2D eigenvalue weighted by atomic mass is 9.88. The third kappa shape index (κ3) is 4.01. The predicted octanol–water partition coefficient (Wildman–Crippen LogP) is 10.4. The highest BCUT2D eigenvalue weighted by molar-refractivity contribution is 6.11. The lowest BCUT2D eigenvalue weighted by Crippen LogP contribution is -2.09. The fourth-order valence-corrected chi connectivity index (χ4v) is 6.17. The average Bonchev–Trinajstić information content (AvgIpc) is 3.59. The van der Waals surface area contributed by atoms with Gasteiger partial charge in [-0.1, -0.05) is 88.4 Å². The summed E-state index contributed by atoms with van der Waals surface area (Å²) in [5.74, 6) is 1.38. The number of rotatable bonds is 5. The van der Waals surface area contributed by atoms with Crippen molar-refractivity contribution in [2.75, 3.05) is 0 Å². The van der Waals surface area contributed by atoms with Crippen LogP contribution in [0.5, 0.6) is 0 Å². The maximum absolute atomic E-state index is 9.85. The summed E-state index contributed by atoms with van der Waals surface area (Å²) in [4.78, 5) is 5.24. The van der Waals surface area contributed by atoms with Gasteiger partial charge in [0.25, 0.3) is 0 Å². The molecule has 0 aliphatic carbocycles. The Morgan fingerprint density at radius 2 is 1.43 bits per heavy atom. The molecule has 0 saturated carbocycles. The van der Waals surface area contributed by atoms with Crippen LogP contribution >= 0.6 is 0 Å². The summed E-state index contributed by atoms with van der Waals surface area (Å²) in [5.41, 5.74) is 11.1. The molecule has 0 saturated heterocycles. The number of fused-ring (bicyclic) bond motifs is 4. The molecule has 0 fully saturated rings. The van der Waals surface area contributed by atoms with E-state index >= 15 is 0 Å². The molecule has 4 heteroatoms. The summed E-state index contributed by atoms with van der Waals surface area (Å²) in [6, 6.07) is 37.8. The van der Waals surface area contributed by atoms with Gasteiger partial charge >= 0.3 is 0 Å². The zero-order chi connectivity index (χ0) is 29.0. The van der Waals surface area contributed by atoms with E-state index in [9.17, 15) is 5.26 Å². The van der Waals surface area contributed by atoms with Crippen LogP contribution in [0.3, 0.4) is 0 Å². The van der Waals surface area contributed by atoms with Gasteiger partial charge in [0.05, 0.1) is 33.9 Å². The highest BCUT2D eigenvalue weighted by Crippen LogP contribution is 2.42. The minimum atomic E-state index is 0.273. The third-order valence-corrected chi connectivity index (χ3v) is 8.19. The lowest BCUT2D eigenvalue weighted by molar-refractivity contribution is 0.669. The molecule has 7 rings (SSSR count). The number of aromatic nitrogens is 2. The number of furan rings is 1. The molecule has 5 aromatic carbocycles. The Kier molecular flexibility index (Phi) is 6.17. The van der Waals surface area contributed by atoms with Crippen LogP contribution in [0.15, 0.2) is 108 Å². The van der Waals surface area contributed by atoms with Gasteiger partial charge in [-0.05, 0) is 76.6 Å². The standard InChI is InChI=1S/C38H31N3O/c1-23(2)30-20-27(25-12-6-5-7-13-25)21-31(24(3)4)36(30)41-33-18-9-8-17-32(33)40-38(41)29-16-11-15-28-35-26(22-39)14-10-19-34(35)42-37(28)29/h5-21,23-24H,1-4H3. The van der Waals surface area contributed by atoms with Gasteiger partial charge in [-0.15, -0.1) is 0 Å². The number of hydrogen-bond acceptors (Lipinski definition) is 3. The van der Waals surface area contributed by atoms with E-state index in [1.807, 2.05) is 36.4 Å². The molecule has 0 spiro atoms. The third-order valence-electron chi connectivity index (χ3n) is 8.19. The minimum Gasteiger partial charge on any atom is -0.455 e. The molecule has 2 heterocycles. The van der Waals surface area contributed by atoms with E-state index in [-0.39, 0.29) is 11.8 Å². The van der Waals surface area contributed by atoms with Crippen molar-refractivity contribution < 1.29 is 4.42 Å². The molecule has 42 heavy (non-hydrogen) atoms. The van der Waals surface area contributed by atoms with Crippen LogP contribution in [-0.4, -0.2) is 9.55 Å². The van der Waals surface area contributed by atoms with Crippen molar-refractivity contribution in [2.24, 2.45) is 0 Å².